The summed E-state index contributed by atoms with van der Waals surface area (Å²) in [6.45, 7) is 12.7. The maximum absolute atomic E-state index is 12.7. The molecule has 4 aliphatic rings. The van der Waals surface area contributed by atoms with Gasteiger partial charge in [-0.3, -0.25) is 4.79 Å². The zero-order valence-electron chi connectivity index (χ0n) is 24.6. The van der Waals surface area contributed by atoms with Crippen molar-refractivity contribution in [3.05, 3.63) is 47.5 Å². The van der Waals surface area contributed by atoms with Gasteiger partial charge in [0, 0.05) is 12.0 Å². The predicted molar refractivity (Wildman–Crippen MR) is 157 cm³/mol. The molecule has 0 saturated heterocycles. The van der Waals surface area contributed by atoms with Gasteiger partial charge >= 0.3 is 0 Å². The lowest BCUT2D eigenvalue weighted by Gasteiger charge is -2.58. The molecule has 3 fully saturated rings. The first-order valence-electron chi connectivity index (χ1n) is 16.0. The van der Waals surface area contributed by atoms with E-state index in [1.54, 1.807) is 5.57 Å². The molecule has 1 aromatic rings. The average molecular weight is 503 g/mol. The molecule has 8 atom stereocenters. The molecule has 1 aromatic carbocycles. The number of ketones is 1. The quantitative estimate of drug-likeness (QED) is 0.242. The molecule has 204 valence electrons. The van der Waals surface area contributed by atoms with Gasteiger partial charge < -0.3 is 0 Å². The van der Waals surface area contributed by atoms with Crippen molar-refractivity contribution in [2.45, 2.75) is 118 Å². The maximum Gasteiger partial charge on any atom is 0.162 e. The minimum Gasteiger partial charge on any atom is -0.294 e. The molecule has 0 aliphatic heterocycles. The number of fused-ring (bicyclic) bond motifs is 5. The number of rotatable bonds is 9. The van der Waals surface area contributed by atoms with Crippen molar-refractivity contribution in [2.75, 3.05) is 0 Å². The number of hydrogen-bond acceptors (Lipinski definition) is 1. The van der Waals surface area contributed by atoms with Crippen molar-refractivity contribution in [3.8, 4) is 0 Å². The van der Waals surface area contributed by atoms with Crippen LogP contribution in [-0.2, 0) is 0 Å². The molecule has 3 saturated carbocycles. The van der Waals surface area contributed by atoms with E-state index < -0.39 is 0 Å². The van der Waals surface area contributed by atoms with E-state index in [-0.39, 0.29) is 0 Å². The second-order valence-electron chi connectivity index (χ2n) is 14.7. The van der Waals surface area contributed by atoms with Crippen molar-refractivity contribution in [1.82, 2.24) is 0 Å². The number of carbonyl (C=O) groups is 1. The maximum atomic E-state index is 12.7. The molecule has 5 rings (SSSR count). The standard InChI is InChI=1S/C36H54O/c1-25(2)10-9-11-26(3)31-17-18-32-30-16-15-29-24-27(14-19-34(37)28-12-7-6-8-13-28)20-22-35(29,4)33(30)21-23-36(31,32)5/h6-8,12-13,15,25-27,30-33H,9-11,14,16-24H2,1-5H3/t26-,27?,30+,31-,32+,33+,35+,36-/m1/s1. The number of benzene rings is 1. The van der Waals surface area contributed by atoms with Gasteiger partial charge in [0.25, 0.3) is 0 Å². The second kappa shape index (κ2) is 11.0. The summed E-state index contributed by atoms with van der Waals surface area (Å²) in [6.07, 6.45) is 19.9. The fourth-order valence-electron chi connectivity index (χ4n) is 10.1. The van der Waals surface area contributed by atoms with E-state index in [1.165, 1.54) is 70.6 Å². The van der Waals surface area contributed by atoms with E-state index in [4.69, 9.17) is 0 Å². The normalized spacial score (nSPS) is 37.9. The minimum atomic E-state index is 0.326. The lowest BCUT2D eigenvalue weighted by atomic mass is 9.46. The summed E-state index contributed by atoms with van der Waals surface area (Å²) in [4.78, 5) is 12.7. The third-order valence-electron chi connectivity index (χ3n) is 12.3. The Labute approximate surface area is 228 Å². The summed E-state index contributed by atoms with van der Waals surface area (Å²) in [5.74, 6) is 6.46. The van der Waals surface area contributed by atoms with Crippen LogP contribution < -0.4 is 0 Å². The summed E-state index contributed by atoms with van der Waals surface area (Å²) < 4.78 is 0. The van der Waals surface area contributed by atoms with Crippen LogP contribution in [0.25, 0.3) is 0 Å². The highest BCUT2D eigenvalue weighted by Gasteiger charge is 2.59. The van der Waals surface area contributed by atoms with E-state index in [9.17, 15) is 4.79 Å². The summed E-state index contributed by atoms with van der Waals surface area (Å²) >= 11 is 0. The SMILES string of the molecule is CC(C)CCC[C@@H](C)[C@H]1CC[C@H]2[C@@H]3CC=C4CC(CCC(=O)c5ccccc5)CC[C@]4(C)[C@H]3CC[C@]12C. The fraction of sp³-hybridized carbons (Fsp3) is 0.750. The third-order valence-corrected chi connectivity index (χ3v) is 12.3. The zero-order chi connectivity index (χ0) is 26.2. The summed E-state index contributed by atoms with van der Waals surface area (Å²) in [6, 6.07) is 9.91. The van der Waals surface area contributed by atoms with Crippen molar-refractivity contribution in [1.29, 1.82) is 0 Å². The summed E-state index contributed by atoms with van der Waals surface area (Å²) in [5.41, 5.74) is 3.66. The minimum absolute atomic E-state index is 0.326. The Hall–Kier alpha value is -1.37. The van der Waals surface area contributed by atoms with Gasteiger partial charge in [-0.1, -0.05) is 95.9 Å². The summed E-state index contributed by atoms with van der Waals surface area (Å²) in [5, 5.41) is 0. The van der Waals surface area contributed by atoms with E-state index in [0.717, 1.165) is 47.5 Å². The predicted octanol–water partition coefficient (Wildman–Crippen LogP) is 10.3. The Bertz CT molecular complexity index is 958. The topological polar surface area (TPSA) is 17.1 Å². The zero-order valence-corrected chi connectivity index (χ0v) is 24.6. The van der Waals surface area contributed by atoms with Crippen LogP contribution in [0.4, 0.5) is 0 Å². The molecule has 1 nitrogen and oxygen atoms in total. The summed E-state index contributed by atoms with van der Waals surface area (Å²) in [7, 11) is 0. The monoisotopic (exact) mass is 502 g/mol. The smallest absolute Gasteiger partial charge is 0.162 e. The third kappa shape index (κ3) is 5.27. The van der Waals surface area contributed by atoms with Gasteiger partial charge in [0.05, 0.1) is 0 Å². The number of allylic oxidation sites excluding steroid dienone is 2. The van der Waals surface area contributed by atoms with Gasteiger partial charge in [-0.25, -0.2) is 0 Å². The van der Waals surface area contributed by atoms with Crippen molar-refractivity contribution in [2.24, 2.45) is 52.3 Å². The van der Waals surface area contributed by atoms with Crippen LogP contribution in [-0.4, -0.2) is 5.78 Å². The van der Waals surface area contributed by atoms with Crippen LogP contribution >= 0.6 is 0 Å². The van der Waals surface area contributed by atoms with Crippen LogP contribution in [0.15, 0.2) is 42.0 Å². The van der Waals surface area contributed by atoms with Crippen LogP contribution in [0.1, 0.15) is 128 Å². The first-order chi connectivity index (χ1) is 17.7. The van der Waals surface area contributed by atoms with Crippen molar-refractivity contribution < 1.29 is 4.79 Å². The molecule has 1 heteroatoms. The van der Waals surface area contributed by atoms with E-state index in [1.807, 2.05) is 30.3 Å². The number of hydrogen-bond donors (Lipinski definition) is 0. The molecule has 1 unspecified atom stereocenters. The molecule has 0 spiro atoms. The van der Waals surface area contributed by atoms with Crippen LogP contribution in [0.3, 0.4) is 0 Å². The molecule has 0 N–H and O–H groups in total. The highest BCUT2D eigenvalue weighted by atomic mass is 16.1. The molecule has 0 amide bonds. The number of carbonyl (C=O) groups excluding carboxylic acids is 1. The lowest BCUT2D eigenvalue weighted by molar-refractivity contribution is -0.0529. The second-order valence-corrected chi connectivity index (χ2v) is 14.7. The van der Waals surface area contributed by atoms with Gasteiger partial charge in [-0.2, -0.15) is 0 Å². The lowest BCUT2D eigenvalue weighted by Crippen LogP contribution is -2.50. The first kappa shape index (κ1) is 27.2. The number of Topliss-reactive ketones (excluding diaryl/α,β-unsaturated/α-hetero) is 1. The highest BCUT2D eigenvalue weighted by Crippen LogP contribution is 2.67. The van der Waals surface area contributed by atoms with E-state index >= 15 is 0 Å². The van der Waals surface area contributed by atoms with Crippen LogP contribution in [0.5, 0.6) is 0 Å². The molecule has 0 aromatic heterocycles. The molecular weight excluding hydrogens is 448 g/mol. The fourth-order valence-corrected chi connectivity index (χ4v) is 10.1. The Morgan fingerprint density at radius 3 is 2.49 bits per heavy atom. The Balaban J connectivity index is 1.22. The van der Waals surface area contributed by atoms with Gasteiger partial charge in [0.15, 0.2) is 5.78 Å². The van der Waals surface area contributed by atoms with Crippen LogP contribution in [0, 0.1) is 52.3 Å². The molecule has 37 heavy (non-hydrogen) atoms. The van der Waals surface area contributed by atoms with Gasteiger partial charge in [-0.05, 0) is 110 Å². The molecule has 0 radical (unpaired) electrons. The van der Waals surface area contributed by atoms with E-state index in [2.05, 4.69) is 40.7 Å². The molecule has 0 bridgehead atoms. The van der Waals surface area contributed by atoms with Crippen LogP contribution in [0.2, 0.25) is 0 Å². The van der Waals surface area contributed by atoms with Crippen molar-refractivity contribution in [3.63, 3.8) is 0 Å². The van der Waals surface area contributed by atoms with Gasteiger partial charge in [0.2, 0.25) is 0 Å². The Morgan fingerprint density at radius 1 is 0.946 bits per heavy atom. The van der Waals surface area contributed by atoms with Gasteiger partial charge in [-0.15, -0.1) is 0 Å². The Kier molecular flexibility index (Phi) is 8.10. The highest BCUT2D eigenvalue weighted by molar-refractivity contribution is 5.95. The molecule has 0 heterocycles. The first-order valence-corrected chi connectivity index (χ1v) is 16.0. The average Bonchev–Trinajstić information content (AvgIpc) is 3.24. The largest absolute Gasteiger partial charge is 0.294 e. The Morgan fingerprint density at radius 2 is 1.73 bits per heavy atom. The van der Waals surface area contributed by atoms with Gasteiger partial charge in [0.1, 0.15) is 0 Å². The van der Waals surface area contributed by atoms with Crippen molar-refractivity contribution >= 4 is 5.78 Å². The molecule has 4 aliphatic carbocycles. The molecular formula is C36H54O. The van der Waals surface area contributed by atoms with E-state index in [0.29, 0.717) is 29.0 Å².